The number of halogens is 1. The van der Waals surface area contributed by atoms with E-state index in [4.69, 9.17) is 16.1 Å². The van der Waals surface area contributed by atoms with E-state index in [9.17, 15) is 9.59 Å². The van der Waals surface area contributed by atoms with Gasteiger partial charge in [0, 0.05) is 16.6 Å². The molecular weight excluding hydrogens is 380 g/mol. The van der Waals surface area contributed by atoms with Gasteiger partial charge in [-0.05, 0) is 49.2 Å². The first-order valence-corrected chi connectivity index (χ1v) is 9.32. The third-order valence-electron chi connectivity index (χ3n) is 4.86. The average Bonchev–Trinajstić information content (AvgIpc) is 3.43. The Hall–Kier alpha value is -3.19. The molecule has 0 spiro atoms. The Labute approximate surface area is 163 Å². The van der Waals surface area contributed by atoms with Crippen LogP contribution in [0.3, 0.4) is 0 Å². The summed E-state index contributed by atoms with van der Waals surface area (Å²) < 4.78 is 8.23. The standard InChI is InChI=1S/C20H15ClN4O3/c21-13-7-5-12(6-8-13)18-22-17(28-23-18)11-24-16-4-2-1-3-15(16)19(26)25(20(24)27)14-9-10-14/h1-8,14H,9-11H2. The summed E-state index contributed by atoms with van der Waals surface area (Å²) >= 11 is 5.91. The maximum Gasteiger partial charge on any atom is 0.332 e. The minimum Gasteiger partial charge on any atom is -0.337 e. The van der Waals surface area contributed by atoms with E-state index in [2.05, 4.69) is 10.1 Å². The zero-order chi connectivity index (χ0) is 19.3. The van der Waals surface area contributed by atoms with E-state index in [1.54, 1.807) is 48.5 Å². The first-order chi connectivity index (χ1) is 13.6. The number of nitrogens with zero attached hydrogens (tertiary/aromatic N) is 4. The van der Waals surface area contributed by atoms with Crippen LogP contribution in [-0.4, -0.2) is 19.3 Å². The minimum atomic E-state index is -0.350. The molecule has 2 aromatic heterocycles. The third kappa shape index (κ3) is 2.84. The van der Waals surface area contributed by atoms with Crippen LogP contribution in [0.5, 0.6) is 0 Å². The topological polar surface area (TPSA) is 82.9 Å². The highest BCUT2D eigenvalue weighted by molar-refractivity contribution is 6.30. The quantitative estimate of drug-likeness (QED) is 0.530. The van der Waals surface area contributed by atoms with Gasteiger partial charge in [-0.15, -0.1) is 0 Å². The second-order valence-corrected chi connectivity index (χ2v) is 7.25. The van der Waals surface area contributed by atoms with Crippen LogP contribution in [0.15, 0.2) is 62.6 Å². The van der Waals surface area contributed by atoms with E-state index in [1.807, 2.05) is 0 Å². The molecule has 2 aromatic carbocycles. The Morgan fingerprint density at radius 1 is 1.07 bits per heavy atom. The fourth-order valence-corrected chi connectivity index (χ4v) is 3.44. The van der Waals surface area contributed by atoms with Crippen molar-refractivity contribution in [2.24, 2.45) is 0 Å². The highest BCUT2D eigenvalue weighted by atomic mass is 35.5. The number of hydrogen-bond acceptors (Lipinski definition) is 5. The molecular formula is C20H15ClN4O3. The number of hydrogen-bond donors (Lipinski definition) is 0. The molecule has 0 N–H and O–H groups in total. The van der Waals surface area contributed by atoms with E-state index in [-0.39, 0.29) is 29.7 Å². The Morgan fingerprint density at radius 3 is 2.57 bits per heavy atom. The number of benzene rings is 2. The molecule has 1 fully saturated rings. The molecule has 0 amide bonds. The molecule has 0 saturated heterocycles. The maximum atomic E-state index is 13.0. The molecule has 4 aromatic rings. The Morgan fingerprint density at radius 2 is 1.82 bits per heavy atom. The highest BCUT2D eigenvalue weighted by Crippen LogP contribution is 2.32. The number of aromatic nitrogens is 4. The molecule has 8 heteroatoms. The van der Waals surface area contributed by atoms with Gasteiger partial charge in [0.2, 0.25) is 11.7 Å². The molecule has 0 unspecified atom stereocenters. The lowest BCUT2D eigenvalue weighted by atomic mass is 10.2. The summed E-state index contributed by atoms with van der Waals surface area (Å²) in [6, 6.07) is 14.1. The number of rotatable bonds is 4. The van der Waals surface area contributed by atoms with E-state index in [0.717, 1.165) is 18.4 Å². The van der Waals surface area contributed by atoms with Crippen molar-refractivity contribution >= 4 is 22.5 Å². The summed E-state index contributed by atoms with van der Waals surface area (Å²) in [7, 11) is 0. The maximum absolute atomic E-state index is 13.0. The molecule has 0 bridgehead atoms. The van der Waals surface area contributed by atoms with Crippen LogP contribution in [0, 0.1) is 0 Å². The van der Waals surface area contributed by atoms with Crippen LogP contribution in [0.4, 0.5) is 0 Å². The molecule has 0 radical (unpaired) electrons. The van der Waals surface area contributed by atoms with Gasteiger partial charge in [-0.3, -0.25) is 13.9 Å². The monoisotopic (exact) mass is 394 g/mol. The van der Waals surface area contributed by atoms with Gasteiger partial charge in [-0.25, -0.2) is 4.79 Å². The summed E-state index contributed by atoms with van der Waals surface area (Å²) in [5, 5.41) is 5.12. The average molecular weight is 395 g/mol. The van der Waals surface area contributed by atoms with Crippen molar-refractivity contribution in [3.05, 3.63) is 80.3 Å². The zero-order valence-electron chi connectivity index (χ0n) is 14.7. The molecule has 5 rings (SSSR count). The second kappa shape index (κ2) is 6.45. The number of fused-ring (bicyclic) bond motifs is 1. The van der Waals surface area contributed by atoms with E-state index < -0.39 is 0 Å². The van der Waals surface area contributed by atoms with Gasteiger partial charge in [-0.1, -0.05) is 28.9 Å². The van der Waals surface area contributed by atoms with Gasteiger partial charge < -0.3 is 4.52 Å². The summed E-state index contributed by atoms with van der Waals surface area (Å²) in [6.07, 6.45) is 1.68. The Bertz CT molecular complexity index is 1300. The molecule has 1 aliphatic carbocycles. The smallest absolute Gasteiger partial charge is 0.332 e. The lowest BCUT2D eigenvalue weighted by Gasteiger charge is -2.12. The van der Waals surface area contributed by atoms with Crippen molar-refractivity contribution in [3.8, 4) is 11.4 Å². The minimum absolute atomic E-state index is 0.0248. The van der Waals surface area contributed by atoms with Crippen molar-refractivity contribution in [1.29, 1.82) is 0 Å². The van der Waals surface area contributed by atoms with Crippen LogP contribution in [-0.2, 0) is 6.54 Å². The summed E-state index contributed by atoms with van der Waals surface area (Å²) in [4.78, 5) is 30.2. The molecule has 7 nitrogen and oxygen atoms in total. The summed E-state index contributed by atoms with van der Waals surface area (Å²) in [6.45, 7) is 0.0902. The van der Waals surface area contributed by atoms with Gasteiger partial charge in [-0.2, -0.15) is 4.98 Å². The van der Waals surface area contributed by atoms with Gasteiger partial charge in [0.1, 0.15) is 6.54 Å². The molecule has 1 aliphatic rings. The molecule has 0 atom stereocenters. The van der Waals surface area contributed by atoms with Crippen LogP contribution < -0.4 is 11.2 Å². The lowest BCUT2D eigenvalue weighted by molar-refractivity contribution is 0.369. The largest absolute Gasteiger partial charge is 0.337 e. The van der Waals surface area contributed by atoms with Gasteiger partial charge >= 0.3 is 5.69 Å². The van der Waals surface area contributed by atoms with Crippen molar-refractivity contribution in [3.63, 3.8) is 0 Å². The third-order valence-corrected chi connectivity index (χ3v) is 5.11. The summed E-state index contributed by atoms with van der Waals surface area (Å²) in [5.74, 6) is 0.706. The predicted octanol–water partition coefficient (Wildman–Crippen LogP) is 3.25. The zero-order valence-corrected chi connectivity index (χ0v) is 15.5. The van der Waals surface area contributed by atoms with Crippen molar-refractivity contribution in [1.82, 2.24) is 19.3 Å². The SMILES string of the molecule is O=c1c2ccccc2n(Cc2nc(-c3ccc(Cl)cc3)no2)c(=O)n1C1CC1. The summed E-state index contributed by atoms with van der Waals surface area (Å²) in [5.41, 5.74) is 0.726. The van der Waals surface area contributed by atoms with Crippen LogP contribution in [0.2, 0.25) is 5.02 Å². The number of para-hydroxylation sites is 1. The molecule has 0 aliphatic heterocycles. The lowest BCUT2D eigenvalue weighted by Crippen LogP contribution is -2.39. The van der Waals surface area contributed by atoms with Crippen molar-refractivity contribution in [2.45, 2.75) is 25.4 Å². The van der Waals surface area contributed by atoms with Gasteiger partial charge in [0.15, 0.2) is 0 Å². The second-order valence-electron chi connectivity index (χ2n) is 6.81. The first kappa shape index (κ1) is 16.9. The van der Waals surface area contributed by atoms with Crippen LogP contribution in [0.25, 0.3) is 22.3 Å². The van der Waals surface area contributed by atoms with Gasteiger partial charge in [0.25, 0.3) is 5.56 Å². The van der Waals surface area contributed by atoms with Crippen molar-refractivity contribution in [2.75, 3.05) is 0 Å². The van der Waals surface area contributed by atoms with Gasteiger partial charge in [0.05, 0.1) is 10.9 Å². The van der Waals surface area contributed by atoms with Crippen LogP contribution >= 0.6 is 11.6 Å². The van der Waals surface area contributed by atoms with E-state index >= 15 is 0 Å². The van der Waals surface area contributed by atoms with Crippen LogP contribution in [0.1, 0.15) is 24.8 Å². The molecule has 28 heavy (non-hydrogen) atoms. The van der Waals surface area contributed by atoms with E-state index in [1.165, 1.54) is 9.13 Å². The van der Waals surface area contributed by atoms with Crippen molar-refractivity contribution < 1.29 is 4.52 Å². The van der Waals surface area contributed by atoms with E-state index in [0.29, 0.717) is 21.7 Å². The molecule has 2 heterocycles. The Balaban J connectivity index is 1.60. The Kier molecular flexibility index (Phi) is 3.91. The highest BCUT2D eigenvalue weighted by Gasteiger charge is 2.29. The first-order valence-electron chi connectivity index (χ1n) is 8.94. The fourth-order valence-electron chi connectivity index (χ4n) is 3.32. The molecule has 1 saturated carbocycles. The predicted molar refractivity (Wildman–Crippen MR) is 105 cm³/mol. The normalized spacial score (nSPS) is 13.9. The fraction of sp³-hybridized carbons (Fsp3) is 0.200. The molecule has 140 valence electrons.